The molecule has 0 aliphatic heterocycles. The lowest BCUT2D eigenvalue weighted by atomic mass is 10.2. The first-order valence-electron chi connectivity index (χ1n) is 9.82. The average molecular weight is 429 g/mol. The average Bonchev–Trinajstić information content (AvgIpc) is 3.17. The van der Waals surface area contributed by atoms with Crippen molar-refractivity contribution >= 4 is 34.4 Å². The number of rotatable bonds is 7. The zero-order valence-electron chi connectivity index (χ0n) is 16.9. The van der Waals surface area contributed by atoms with Gasteiger partial charge < -0.3 is 10.1 Å². The van der Waals surface area contributed by atoms with Gasteiger partial charge in [0.15, 0.2) is 5.16 Å². The second-order valence-electron chi connectivity index (χ2n) is 6.64. The largest absolute Gasteiger partial charge is 0.494 e. The van der Waals surface area contributed by atoms with Crippen molar-refractivity contribution in [3.63, 3.8) is 0 Å². The van der Waals surface area contributed by atoms with Crippen molar-refractivity contribution in [3.05, 3.63) is 78.4 Å². The molecule has 0 unspecified atom stereocenters. The maximum Gasteiger partial charge on any atom is 0.234 e. The van der Waals surface area contributed by atoms with Crippen LogP contribution >= 0.6 is 11.8 Å². The molecule has 7 heteroatoms. The van der Waals surface area contributed by atoms with E-state index in [1.54, 1.807) is 24.3 Å². The van der Waals surface area contributed by atoms with Gasteiger partial charge in [0.25, 0.3) is 0 Å². The Hall–Kier alpha value is -3.76. The van der Waals surface area contributed by atoms with Crippen LogP contribution in [0.2, 0.25) is 0 Å². The third-order valence-electron chi connectivity index (χ3n) is 4.59. The third kappa shape index (κ3) is 4.55. The molecule has 0 atom stereocenters. The van der Waals surface area contributed by atoms with Gasteiger partial charge in [-0.1, -0.05) is 36.0 Å². The van der Waals surface area contributed by atoms with Crippen LogP contribution in [0.1, 0.15) is 12.5 Å². The molecule has 4 aromatic rings. The van der Waals surface area contributed by atoms with E-state index < -0.39 is 0 Å². The van der Waals surface area contributed by atoms with Crippen LogP contribution in [-0.2, 0) is 4.79 Å². The van der Waals surface area contributed by atoms with Crippen molar-refractivity contribution in [1.82, 2.24) is 9.55 Å². The Bertz CT molecular complexity index is 1260. The topological polar surface area (TPSA) is 79.9 Å². The van der Waals surface area contributed by atoms with Gasteiger partial charge in [-0.15, -0.1) is 0 Å². The van der Waals surface area contributed by atoms with Gasteiger partial charge >= 0.3 is 0 Å². The number of nitrogens with one attached hydrogen (secondary N) is 1. The molecule has 4 rings (SSSR count). The van der Waals surface area contributed by atoms with Crippen molar-refractivity contribution in [2.75, 3.05) is 17.7 Å². The number of nitriles is 1. The molecule has 0 bridgehead atoms. The molecular weight excluding hydrogens is 408 g/mol. The lowest BCUT2D eigenvalue weighted by Crippen LogP contribution is -2.15. The molecule has 0 saturated carbocycles. The van der Waals surface area contributed by atoms with Crippen molar-refractivity contribution in [1.29, 1.82) is 5.26 Å². The van der Waals surface area contributed by atoms with Crippen molar-refractivity contribution in [2.24, 2.45) is 0 Å². The first-order valence-corrected chi connectivity index (χ1v) is 10.8. The van der Waals surface area contributed by atoms with E-state index in [1.807, 2.05) is 60.0 Å². The van der Waals surface area contributed by atoms with Crippen molar-refractivity contribution < 1.29 is 9.53 Å². The Labute approximate surface area is 184 Å². The van der Waals surface area contributed by atoms with E-state index >= 15 is 0 Å². The van der Waals surface area contributed by atoms with Crippen LogP contribution in [-0.4, -0.2) is 27.8 Å². The number of fused-ring (bicyclic) bond motifs is 1. The quantitative estimate of drug-likeness (QED) is 0.418. The number of benzene rings is 3. The highest BCUT2D eigenvalue weighted by molar-refractivity contribution is 7.99. The van der Waals surface area contributed by atoms with Gasteiger partial charge in [-0.05, 0) is 55.5 Å². The van der Waals surface area contributed by atoms with Gasteiger partial charge in [0.05, 0.1) is 34.6 Å². The minimum absolute atomic E-state index is 0.167. The number of hydrogen-bond acceptors (Lipinski definition) is 5. The monoisotopic (exact) mass is 428 g/mol. The molecule has 1 aromatic heterocycles. The highest BCUT2D eigenvalue weighted by Gasteiger charge is 2.15. The first kappa shape index (κ1) is 20.5. The molecule has 0 aliphatic carbocycles. The number of anilines is 1. The number of ether oxygens (including phenoxy) is 1. The number of hydrogen-bond donors (Lipinski definition) is 1. The van der Waals surface area contributed by atoms with Crippen molar-refractivity contribution in [3.8, 4) is 17.5 Å². The molecule has 154 valence electrons. The fourth-order valence-electron chi connectivity index (χ4n) is 3.21. The highest BCUT2D eigenvalue weighted by atomic mass is 32.2. The Morgan fingerprint density at radius 1 is 1.10 bits per heavy atom. The standard InChI is InChI=1S/C24H20N4O2S/c1-2-30-19-13-11-18(12-14-19)28-22-10-6-5-9-21(22)27-24(28)31-16-23(29)26-20-8-4-3-7-17(20)15-25/h3-14H,2,16H2,1H3,(H,26,29). The summed E-state index contributed by atoms with van der Waals surface area (Å²) in [5.74, 6) is 0.776. The molecule has 1 heterocycles. The molecule has 0 spiro atoms. The van der Waals surface area contributed by atoms with Crippen LogP contribution < -0.4 is 10.1 Å². The van der Waals surface area contributed by atoms with Crippen LogP contribution in [0.15, 0.2) is 78.0 Å². The molecule has 1 N–H and O–H groups in total. The van der Waals surface area contributed by atoms with Gasteiger partial charge in [-0.3, -0.25) is 9.36 Å². The van der Waals surface area contributed by atoms with Gasteiger partial charge in [0.2, 0.25) is 5.91 Å². The zero-order chi connectivity index (χ0) is 21.6. The summed E-state index contributed by atoms with van der Waals surface area (Å²) < 4.78 is 7.58. The normalized spacial score (nSPS) is 10.6. The Balaban J connectivity index is 1.58. The SMILES string of the molecule is CCOc1ccc(-n2c(SCC(=O)Nc3ccccc3C#N)nc3ccccc32)cc1. The molecule has 0 fully saturated rings. The zero-order valence-corrected chi connectivity index (χ0v) is 17.7. The van der Waals surface area contributed by atoms with Crippen LogP contribution in [0.5, 0.6) is 5.75 Å². The van der Waals surface area contributed by atoms with E-state index in [0.717, 1.165) is 22.5 Å². The second-order valence-corrected chi connectivity index (χ2v) is 7.58. The van der Waals surface area contributed by atoms with Crippen LogP contribution in [0.3, 0.4) is 0 Å². The molecule has 6 nitrogen and oxygen atoms in total. The summed E-state index contributed by atoms with van der Waals surface area (Å²) >= 11 is 1.35. The lowest BCUT2D eigenvalue weighted by molar-refractivity contribution is -0.113. The lowest BCUT2D eigenvalue weighted by Gasteiger charge is -2.11. The first-order chi connectivity index (χ1) is 15.2. The number of para-hydroxylation sites is 3. The minimum atomic E-state index is -0.196. The van der Waals surface area contributed by atoms with E-state index in [-0.39, 0.29) is 11.7 Å². The number of carbonyl (C=O) groups excluding carboxylic acids is 1. The number of aromatic nitrogens is 2. The number of amides is 1. The molecule has 3 aromatic carbocycles. The fourth-order valence-corrected chi connectivity index (χ4v) is 4.04. The number of imidazole rings is 1. The molecule has 31 heavy (non-hydrogen) atoms. The van der Waals surface area contributed by atoms with Crippen LogP contribution in [0.4, 0.5) is 5.69 Å². The maximum atomic E-state index is 12.5. The smallest absolute Gasteiger partial charge is 0.234 e. The fraction of sp³-hybridized carbons (Fsp3) is 0.125. The predicted molar refractivity (Wildman–Crippen MR) is 123 cm³/mol. The minimum Gasteiger partial charge on any atom is -0.494 e. The number of carbonyl (C=O) groups is 1. The number of nitrogens with zero attached hydrogens (tertiary/aromatic N) is 3. The van der Waals surface area contributed by atoms with Gasteiger partial charge in [0.1, 0.15) is 11.8 Å². The van der Waals surface area contributed by atoms with Crippen molar-refractivity contribution in [2.45, 2.75) is 12.1 Å². The highest BCUT2D eigenvalue weighted by Crippen LogP contribution is 2.29. The number of thioether (sulfide) groups is 1. The van der Waals surface area contributed by atoms with E-state index in [0.29, 0.717) is 23.0 Å². The summed E-state index contributed by atoms with van der Waals surface area (Å²) in [7, 11) is 0. The van der Waals surface area contributed by atoms with E-state index in [9.17, 15) is 10.1 Å². The third-order valence-corrected chi connectivity index (χ3v) is 5.53. The summed E-state index contributed by atoms with van der Waals surface area (Å²) in [6.45, 7) is 2.56. The van der Waals surface area contributed by atoms with Crippen LogP contribution in [0.25, 0.3) is 16.7 Å². The summed E-state index contributed by atoms with van der Waals surface area (Å²) in [5.41, 5.74) is 3.70. The van der Waals surface area contributed by atoms with Gasteiger partial charge in [0, 0.05) is 5.69 Å². The molecule has 0 saturated heterocycles. The van der Waals surface area contributed by atoms with E-state index in [1.165, 1.54) is 11.8 Å². The second kappa shape index (κ2) is 9.37. The molecular formula is C24H20N4O2S. The predicted octanol–water partition coefficient (Wildman–Crippen LogP) is 5.03. The summed E-state index contributed by atoms with van der Waals surface area (Å²) in [6.07, 6.45) is 0. The Morgan fingerprint density at radius 2 is 1.84 bits per heavy atom. The van der Waals surface area contributed by atoms with Gasteiger partial charge in [-0.25, -0.2) is 4.98 Å². The molecule has 0 radical (unpaired) electrons. The molecule has 1 amide bonds. The van der Waals surface area contributed by atoms with Crippen LogP contribution in [0, 0.1) is 11.3 Å². The Morgan fingerprint density at radius 3 is 2.61 bits per heavy atom. The summed E-state index contributed by atoms with van der Waals surface area (Å²) in [5, 5.41) is 12.7. The van der Waals surface area contributed by atoms with Gasteiger partial charge in [-0.2, -0.15) is 5.26 Å². The van der Waals surface area contributed by atoms with E-state index in [2.05, 4.69) is 11.4 Å². The Kier molecular flexibility index (Phi) is 6.20. The summed E-state index contributed by atoms with van der Waals surface area (Å²) in [6, 6.07) is 24.7. The maximum absolute atomic E-state index is 12.5. The van der Waals surface area contributed by atoms with E-state index in [4.69, 9.17) is 9.72 Å². The summed E-state index contributed by atoms with van der Waals surface area (Å²) in [4.78, 5) is 17.3. The molecule has 0 aliphatic rings.